The largest absolute Gasteiger partial charge is 0.286 e. The molecule has 1 aliphatic rings. The van der Waals surface area contributed by atoms with Gasteiger partial charge >= 0.3 is 0 Å². The van der Waals surface area contributed by atoms with Gasteiger partial charge in [-0.2, -0.15) is 0 Å². The topological polar surface area (TPSA) is 12.4 Å². The van der Waals surface area contributed by atoms with Gasteiger partial charge in [0.25, 0.3) is 0 Å². The Labute approximate surface area is 70.9 Å². The van der Waals surface area contributed by atoms with Gasteiger partial charge in [0.15, 0.2) is 0 Å². The minimum atomic E-state index is -0.447. The lowest BCUT2D eigenvalue weighted by Crippen LogP contribution is -2.13. The van der Waals surface area contributed by atoms with Gasteiger partial charge in [-0.05, 0) is 12.0 Å². The van der Waals surface area contributed by atoms with E-state index in [-0.39, 0.29) is 0 Å². The van der Waals surface area contributed by atoms with Crippen molar-refractivity contribution in [2.75, 3.05) is 13.2 Å². The molecule has 1 aromatic carbocycles. The predicted molar refractivity (Wildman–Crippen MR) is 47.5 cm³/mol. The fourth-order valence-electron chi connectivity index (χ4n) is 1.53. The van der Waals surface area contributed by atoms with E-state index in [9.17, 15) is 4.39 Å². The average Bonchev–Trinajstić information content (AvgIpc) is 2.17. The van der Waals surface area contributed by atoms with Crippen LogP contribution in [-0.2, 0) is 6.42 Å². The normalized spacial score (nSPS) is 15.2. The van der Waals surface area contributed by atoms with Gasteiger partial charge in [0, 0.05) is 12.1 Å². The van der Waals surface area contributed by atoms with Crippen molar-refractivity contribution < 1.29 is 4.39 Å². The van der Waals surface area contributed by atoms with Crippen LogP contribution in [0.5, 0.6) is 0 Å². The fourth-order valence-corrected chi connectivity index (χ4v) is 1.53. The summed E-state index contributed by atoms with van der Waals surface area (Å²) in [6, 6.07) is 7.89. The Hall–Kier alpha value is -1.18. The van der Waals surface area contributed by atoms with E-state index in [0.29, 0.717) is 5.71 Å². The Bertz CT molecular complexity index is 317. The van der Waals surface area contributed by atoms with Crippen LogP contribution < -0.4 is 0 Å². The fraction of sp³-hybridized carbons (Fsp3) is 0.300. The van der Waals surface area contributed by atoms with Crippen molar-refractivity contribution in [1.29, 1.82) is 0 Å². The lowest BCUT2D eigenvalue weighted by molar-refractivity contribution is 0.579. The van der Waals surface area contributed by atoms with Gasteiger partial charge in [-0.1, -0.05) is 24.3 Å². The number of hydrogen-bond donors (Lipinski definition) is 0. The van der Waals surface area contributed by atoms with Gasteiger partial charge in [0.1, 0.15) is 6.67 Å². The van der Waals surface area contributed by atoms with E-state index < -0.39 is 6.67 Å². The molecule has 0 radical (unpaired) electrons. The van der Waals surface area contributed by atoms with Gasteiger partial charge in [0.2, 0.25) is 0 Å². The van der Waals surface area contributed by atoms with Gasteiger partial charge in [-0.25, -0.2) is 4.39 Å². The molecular formula is C10H10FN. The third-order valence-corrected chi connectivity index (χ3v) is 2.14. The molecule has 1 aromatic rings. The first-order chi connectivity index (χ1) is 5.92. The monoisotopic (exact) mass is 163 g/mol. The van der Waals surface area contributed by atoms with E-state index in [0.717, 1.165) is 18.5 Å². The van der Waals surface area contributed by atoms with E-state index in [1.165, 1.54) is 5.56 Å². The number of fused-ring (bicyclic) bond motifs is 1. The molecule has 12 heavy (non-hydrogen) atoms. The van der Waals surface area contributed by atoms with Crippen LogP contribution in [0.1, 0.15) is 11.1 Å². The highest BCUT2D eigenvalue weighted by molar-refractivity contribution is 6.03. The first-order valence-electron chi connectivity index (χ1n) is 4.09. The molecule has 0 bridgehead atoms. The van der Waals surface area contributed by atoms with Crippen molar-refractivity contribution in [2.24, 2.45) is 4.99 Å². The third-order valence-electron chi connectivity index (χ3n) is 2.14. The van der Waals surface area contributed by atoms with Crippen LogP contribution in [0.3, 0.4) is 0 Å². The highest BCUT2D eigenvalue weighted by Gasteiger charge is 2.11. The quantitative estimate of drug-likeness (QED) is 0.600. The number of aliphatic imine (C=N–C) groups is 1. The number of halogens is 1. The summed E-state index contributed by atoms with van der Waals surface area (Å²) in [6.07, 6.45) is 0.944. The third kappa shape index (κ3) is 1.13. The summed E-state index contributed by atoms with van der Waals surface area (Å²) in [5.74, 6) is 0. The maximum atomic E-state index is 12.4. The molecule has 0 unspecified atom stereocenters. The van der Waals surface area contributed by atoms with Crippen molar-refractivity contribution >= 4 is 5.71 Å². The Morgan fingerprint density at radius 2 is 2.17 bits per heavy atom. The zero-order valence-corrected chi connectivity index (χ0v) is 6.76. The Kier molecular flexibility index (Phi) is 1.90. The molecule has 0 spiro atoms. The molecule has 0 atom stereocenters. The second-order valence-corrected chi connectivity index (χ2v) is 2.87. The first kappa shape index (κ1) is 7.47. The second kappa shape index (κ2) is 3.05. The summed E-state index contributed by atoms with van der Waals surface area (Å²) < 4.78 is 12.4. The summed E-state index contributed by atoms with van der Waals surface area (Å²) >= 11 is 0. The molecule has 1 aliphatic heterocycles. The lowest BCUT2D eigenvalue weighted by Gasteiger charge is -2.13. The van der Waals surface area contributed by atoms with Crippen LogP contribution in [0.25, 0.3) is 0 Å². The number of benzene rings is 1. The number of nitrogens with zero attached hydrogens (tertiary/aromatic N) is 1. The number of rotatable bonds is 1. The molecule has 0 fully saturated rings. The van der Waals surface area contributed by atoms with E-state index in [2.05, 4.69) is 4.99 Å². The zero-order chi connectivity index (χ0) is 8.39. The maximum Gasteiger partial charge on any atom is 0.132 e. The molecule has 2 heteroatoms. The van der Waals surface area contributed by atoms with E-state index in [1.54, 1.807) is 0 Å². The Morgan fingerprint density at radius 3 is 3.00 bits per heavy atom. The van der Waals surface area contributed by atoms with Crippen LogP contribution in [-0.4, -0.2) is 18.9 Å². The molecule has 0 aliphatic carbocycles. The van der Waals surface area contributed by atoms with Crippen LogP contribution in [0.2, 0.25) is 0 Å². The van der Waals surface area contributed by atoms with Crippen LogP contribution in [0, 0.1) is 0 Å². The zero-order valence-electron chi connectivity index (χ0n) is 6.76. The van der Waals surface area contributed by atoms with Crippen molar-refractivity contribution in [3.63, 3.8) is 0 Å². The average molecular weight is 163 g/mol. The maximum absolute atomic E-state index is 12.4. The van der Waals surface area contributed by atoms with E-state index in [4.69, 9.17) is 0 Å². The molecular weight excluding hydrogens is 153 g/mol. The van der Waals surface area contributed by atoms with E-state index in [1.807, 2.05) is 24.3 Å². The first-order valence-corrected chi connectivity index (χ1v) is 4.09. The molecule has 0 aromatic heterocycles. The Balaban J connectivity index is 2.48. The predicted octanol–water partition coefficient (Wildman–Crippen LogP) is 2.00. The van der Waals surface area contributed by atoms with Crippen LogP contribution in [0.4, 0.5) is 4.39 Å². The standard InChI is InChI=1S/C10H10FN/c11-7-10-9-4-2-1-3-8(9)5-6-12-10/h1-4H,5-7H2. The SMILES string of the molecule is FCC1=NCCc2ccccc21. The minimum Gasteiger partial charge on any atom is -0.286 e. The van der Waals surface area contributed by atoms with Crippen molar-refractivity contribution in [3.05, 3.63) is 35.4 Å². The molecule has 0 N–H and O–H groups in total. The minimum absolute atomic E-state index is 0.447. The molecule has 1 heterocycles. The van der Waals surface area contributed by atoms with Crippen LogP contribution in [0.15, 0.2) is 29.3 Å². The second-order valence-electron chi connectivity index (χ2n) is 2.87. The molecule has 2 rings (SSSR count). The molecule has 0 amide bonds. The molecule has 0 saturated heterocycles. The van der Waals surface area contributed by atoms with Crippen molar-refractivity contribution in [1.82, 2.24) is 0 Å². The van der Waals surface area contributed by atoms with Gasteiger partial charge in [-0.15, -0.1) is 0 Å². The van der Waals surface area contributed by atoms with Gasteiger partial charge in [-0.3, -0.25) is 4.99 Å². The highest BCUT2D eigenvalue weighted by atomic mass is 19.1. The van der Waals surface area contributed by atoms with Gasteiger partial charge in [0.05, 0.1) is 5.71 Å². The summed E-state index contributed by atoms with van der Waals surface area (Å²) in [5.41, 5.74) is 2.82. The van der Waals surface area contributed by atoms with Crippen molar-refractivity contribution in [2.45, 2.75) is 6.42 Å². The Morgan fingerprint density at radius 1 is 1.33 bits per heavy atom. The van der Waals surface area contributed by atoms with Crippen molar-refractivity contribution in [3.8, 4) is 0 Å². The highest BCUT2D eigenvalue weighted by Crippen LogP contribution is 2.15. The molecule has 1 nitrogen and oxygen atoms in total. The van der Waals surface area contributed by atoms with Gasteiger partial charge < -0.3 is 0 Å². The number of hydrogen-bond acceptors (Lipinski definition) is 1. The summed E-state index contributed by atoms with van der Waals surface area (Å²) in [4.78, 5) is 4.13. The number of alkyl halides is 1. The molecule has 62 valence electrons. The summed E-state index contributed by atoms with van der Waals surface area (Å²) in [7, 11) is 0. The molecule has 0 saturated carbocycles. The smallest absolute Gasteiger partial charge is 0.132 e. The van der Waals surface area contributed by atoms with Crippen LogP contribution >= 0.6 is 0 Å². The summed E-state index contributed by atoms with van der Waals surface area (Å²) in [5, 5.41) is 0. The lowest BCUT2D eigenvalue weighted by atomic mass is 9.98. The van der Waals surface area contributed by atoms with E-state index >= 15 is 0 Å². The summed E-state index contributed by atoms with van der Waals surface area (Å²) in [6.45, 7) is 0.285.